The lowest BCUT2D eigenvalue weighted by Gasteiger charge is -2.23. The van der Waals surface area contributed by atoms with Gasteiger partial charge < -0.3 is 14.7 Å². The van der Waals surface area contributed by atoms with E-state index in [4.69, 9.17) is 4.74 Å². The first-order valence-corrected chi connectivity index (χ1v) is 7.27. The van der Waals surface area contributed by atoms with Crippen molar-refractivity contribution in [3.8, 4) is 0 Å². The van der Waals surface area contributed by atoms with Gasteiger partial charge in [0.2, 0.25) is 0 Å². The summed E-state index contributed by atoms with van der Waals surface area (Å²) in [4.78, 5) is 25.6. The van der Waals surface area contributed by atoms with Crippen LogP contribution < -0.4 is 0 Å². The molecule has 1 aromatic heterocycles. The summed E-state index contributed by atoms with van der Waals surface area (Å²) in [6.07, 6.45) is 0.387. The first kappa shape index (κ1) is 16.5. The number of aromatic nitrogens is 2. The highest BCUT2D eigenvalue weighted by molar-refractivity contribution is 5.93. The lowest BCUT2D eigenvalue weighted by Crippen LogP contribution is -2.40. The van der Waals surface area contributed by atoms with Crippen molar-refractivity contribution in [2.45, 2.75) is 32.6 Å². The van der Waals surface area contributed by atoms with Gasteiger partial charge in [-0.15, -0.1) is 0 Å². The number of nitrogens with one attached hydrogen (secondary N) is 1. The third kappa shape index (κ3) is 2.99. The van der Waals surface area contributed by atoms with Crippen molar-refractivity contribution in [2.75, 3.05) is 26.8 Å². The Morgan fingerprint density at radius 2 is 2.18 bits per heavy atom. The van der Waals surface area contributed by atoms with Crippen LogP contribution in [0.25, 0.3) is 0 Å². The number of hydrogen-bond acceptors (Lipinski definition) is 4. The number of carbonyl (C=O) groups is 2. The number of rotatable bonds is 4. The van der Waals surface area contributed by atoms with E-state index in [0.717, 1.165) is 5.69 Å². The average molecular weight is 309 g/mol. The molecule has 0 aliphatic carbocycles. The SMILES string of the molecule is COCC1(C(=O)O)CCN(C(=O)c2cc(C(C)(C)C)[nH]n2)C1. The monoisotopic (exact) mass is 309 g/mol. The van der Waals surface area contributed by atoms with Crippen molar-refractivity contribution in [2.24, 2.45) is 5.41 Å². The van der Waals surface area contributed by atoms with E-state index in [1.165, 1.54) is 12.0 Å². The number of methoxy groups -OCH3 is 1. The molecule has 1 saturated heterocycles. The van der Waals surface area contributed by atoms with Crippen molar-refractivity contribution in [3.63, 3.8) is 0 Å². The number of ether oxygens (including phenoxy) is 1. The van der Waals surface area contributed by atoms with Gasteiger partial charge in [0.15, 0.2) is 0 Å². The van der Waals surface area contributed by atoms with Crippen molar-refractivity contribution in [1.29, 1.82) is 0 Å². The molecule has 1 amide bonds. The number of aromatic amines is 1. The van der Waals surface area contributed by atoms with Gasteiger partial charge in [0, 0.05) is 31.3 Å². The van der Waals surface area contributed by atoms with Crippen LogP contribution in [0.15, 0.2) is 6.07 Å². The fraction of sp³-hybridized carbons (Fsp3) is 0.667. The van der Waals surface area contributed by atoms with Crippen molar-refractivity contribution in [3.05, 3.63) is 17.5 Å². The molecule has 0 saturated carbocycles. The van der Waals surface area contributed by atoms with E-state index in [0.29, 0.717) is 18.7 Å². The largest absolute Gasteiger partial charge is 0.481 e. The zero-order valence-electron chi connectivity index (χ0n) is 13.5. The first-order chi connectivity index (χ1) is 10.2. The van der Waals surface area contributed by atoms with Crippen LogP contribution in [-0.4, -0.2) is 58.9 Å². The Hall–Kier alpha value is -1.89. The number of hydrogen-bond donors (Lipinski definition) is 2. The Morgan fingerprint density at radius 1 is 1.50 bits per heavy atom. The zero-order chi connectivity index (χ0) is 16.5. The molecule has 1 unspecified atom stereocenters. The Balaban J connectivity index is 2.15. The minimum Gasteiger partial charge on any atom is -0.481 e. The summed E-state index contributed by atoms with van der Waals surface area (Å²) in [5.41, 5.74) is 0.0466. The normalized spacial score (nSPS) is 22.1. The molecule has 7 nitrogen and oxygen atoms in total. The summed E-state index contributed by atoms with van der Waals surface area (Å²) in [6, 6.07) is 1.74. The highest BCUT2D eigenvalue weighted by Crippen LogP contribution is 2.32. The van der Waals surface area contributed by atoms with Crippen molar-refractivity contribution < 1.29 is 19.4 Å². The second-order valence-corrected chi connectivity index (χ2v) is 6.91. The van der Waals surface area contributed by atoms with Crippen LogP contribution >= 0.6 is 0 Å². The quantitative estimate of drug-likeness (QED) is 0.873. The van der Waals surface area contributed by atoms with E-state index in [2.05, 4.69) is 10.2 Å². The predicted octanol–water partition coefficient (Wildman–Crippen LogP) is 1.27. The zero-order valence-corrected chi connectivity index (χ0v) is 13.5. The molecule has 0 bridgehead atoms. The van der Waals surface area contributed by atoms with Crippen LogP contribution in [0, 0.1) is 5.41 Å². The number of likely N-dealkylation sites (tertiary alicyclic amines) is 1. The highest BCUT2D eigenvalue weighted by Gasteiger charge is 2.46. The van der Waals surface area contributed by atoms with Crippen molar-refractivity contribution >= 4 is 11.9 Å². The molecule has 2 N–H and O–H groups in total. The van der Waals surface area contributed by atoms with E-state index < -0.39 is 11.4 Å². The molecule has 1 aliphatic heterocycles. The Kier molecular flexibility index (Phi) is 4.28. The van der Waals surface area contributed by atoms with Gasteiger partial charge in [-0.3, -0.25) is 14.7 Å². The summed E-state index contributed by atoms with van der Waals surface area (Å²) >= 11 is 0. The van der Waals surface area contributed by atoms with Crippen LogP contribution in [0.5, 0.6) is 0 Å². The van der Waals surface area contributed by atoms with Crippen LogP contribution in [0.1, 0.15) is 43.4 Å². The summed E-state index contributed by atoms with van der Waals surface area (Å²) in [6.45, 7) is 6.72. The Bertz CT molecular complexity index is 576. The van der Waals surface area contributed by atoms with Gasteiger partial charge in [-0.1, -0.05) is 20.8 Å². The second kappa shape index (κ2) is 5.72. The maximum absolute atomic E-state index is 12.5. The molecule has 0 spiro atoms. The maximum Gasteiger partial charge on any atom is 0.313 e. The van der Waals surface area contributed by atoms with Crippen LogP contribution in [0.4, 0.5) is 0 Å². The summed E-state index contributed by atoms with van der Waals surface area (Å²) in [5, 5.41) is 16.4. The third-order valence-corrected chi connectivity index (χ3v) is 4.12. The van der Waals surface area contributed by atoms with Crippen molar-refractivity contribution in [1.82, 2.24) is 15.1 Å². The highest BCUT2D eigenvalue weighted by atomic mass is 16.5. The molecule has 2 rings (SSSR count). The number of H-pyrrole nitrogens is 1. The van der Waals surface area contributed by atoms with E-state index in [9.17, 15) is 14.7 Å². The molecule has 0 radical (unpaired) electrons. The van der Waals surface area contributed by atoms with Crippen LogP contribution in [0.3, 0.4) is 0 Å². The second-order valence-electron chi connectivity index (χ2n) is 6.91. The molecule has 1 aliphatic rings. The first-order valence-electron chi connectivity index (χ1n) is 7.27. The lowest BCUT2D eigenvalue weighted by atomic mass is 9.88. The van der Waals surface area contributed by atoms with E-state index >= 15 is 0 Å². The molecule has 1 aromatic rings. The number of carboxylic acids is 1. The number of carboxylic acid groups (broad SMARTS) is 1. The van der Waals surface area contributed by atoms with E-state index in [1.807, 2.05) is 20.8 Å². The summed E-state index contributed by atoms with van der Waals surface area (Å²) in [7, 11) is 1.47. The molecular weight excluding hydrogens is 286 g/mol. The fourth-order valence-electron chi connectivity index (χ4n) is 2.65. The Morgan fingerprint density at radius 3 is 2.68 bits per heavy atom. The summed E-state index contributed by atoms with van der Waals surface area (Å²) < 4.78 is 5.03. The minimum absolute atomic E-state index is 0.0971. The maximum atomic E-state index is 12.5. The van der Waals surface area contributed by atoms with Gasteiger partial charge in [0.1, 0.15) is 11.1 Å². The summed E-state index contributed by atoms with van der Waals surface area (Å²) in [5.74, 6) is -1.17. The van der Waals surface area contributed by atoms with Gasteiger partial charge in [0.25, 0.3) is 5.91 Å². The minimum atomic E-state index is -1.02. The van der Waals surface area contributed by atoms with Gasteiger partial charge in [-0.2, -0.15) is 5.10 Å². The van der Waals surface area contributed by atoms with E-state index in [1.54, 1.807) is 6.07 Å². The molecule has 7 heteroatoms. The third-order valence-electron chi connectivity index (χ3n) is 4.12. The fourth-order valence-corrected chi connectivity index (χ4v) is 2.65. The van der Waals surface area contributed by atoms with Gasteiger partial charge in [-0.05, 0) is 12.5 Å². The molecule has 22 heavy (non-hydrogen) atoms. The molecule has 0 aromatic carbocycles. The number of nitrogens with zero attached hydrogens (tertiary/aromatic N) is 2. The van der Waals surface area contributed by atoms with E-state index in [-0.39, 0.29) is 24.5 Å². The molecule has 1 atom stereocenters. The predicted molar refractivity (Wildman–Crippen MR) is 79.8 cm³/mol. The van der Waals surface area contributed by atoms with Gasteiger partial charge in [-0.25, -0.2) is 0 Å². The van der Waals surface area contributed by atoms with Crippen LogP contribution in [0.2, 0.25) is 0 Å². The Labute approximate surface area is 129 Å². The topological polar surface area (TPSA) is 95.5 Å². The van der Waals surface area contributed by atoms with Crippen LogP contribution in [-0.2, 0) is 14.9 Å². The molecule has 122 valence electrons. The number of carbonyl (C=O) groups excluding carboxylic acids is 1. The number of aliphatic carboxylic acids is 1. The van der Waals surface area contributed by atoms with Gasteiger partial charge >= 0.3 is 5.97 Å². The molecular formula is C15H23N3O4. The van der Waals surface area contributed by atoms with Gasteiger partial charge in [0.05, 0.1) is 6.61 Å². The average Bonchev–Trinajstić information content (AvgIpc) is 3.05. The lowest BCUT2D eigenvalue weighted by molar-refractivity contribution is -0.151. The standard InChI is InChI=1S/C15H23N3O4/c1-14(2,3)11-7-10(16-17-11)12(19)18-6-5-15(8-18,9-22-4)13(20)21/h7H,5-6,8-9H2,1-4H3,(H,16,17)(H,20,21). The molecule has 1 fully saturated rings. The molecule has 2 heterocycles. The number of amides is 1. The smallest absolute Gasteiger partial charge is 0.313 e.